The molecule has 0 aromatic heterocycles. The Morgan fingerprint density at radius 2 is 1.71 bits per heavy atom. The van der Waals surface area contributed by atoms with Crippen molar-refractivity contribution in [1.29, 1.82) is 0 Å². The second kappa shape index (κ2) is 6.13. The molecule has 2 nitrogen and oxygen atoms in total. The Hall–Kier alpha value is -1.44. The number of halogens is 5. The van der Waals surface area contributed by atoms with Gasteiger partial charge in [-0.1, -0.05) is 18.2 Å². The van der Waals surface area contributed by atoms with Crippen LogP contribution < -0.4 is 11.3 Å². The van der Waals surface area contributed by atoms with Crippen LogP contribution in [-0.4, -0.2) is 0 Å². The van der Waals surface area contributed by atoms with Gasteiger partial charge in [-0.2, -0.15) is 13.2 Å². The van der Waals surface area contributed by atoms with E-state index in [1.807, 2.05) is 0 Å². The van der Waals surface area contributed by atoms with E-state index in [4.69, 9.17) is 5.84 Å². The molecule has 112 valence electrons. The molecule has 1 unspecified atom stereocenters. The third-order valence-corrected chi connectivity index (χ3v) is 3.60. The zero-order chi connectivity index (χ0) is 15.6. The van der Waals surface area contributed by atoms with Crippen LogP contribution in [0.5, 0.6) is 0 Å². The minimum atomic E-state index is -4.43. The van der Waals surface area contributed by atoms with Gasteiger partial charge in [-0.3, -0.25) is 5.84 Å². The molecule has 0 aliphatic rings. The summed E-state index contributed by atoms with van der Waals surface area (Å²) in [5, 5.41) is 0. The average Bonchev–Trinajstić information content (AvgIpc) is 2.43. The minimum Gasteiger partial charge on any atom is -0.271 e. The molecule has 0 spiro atoms. The topological polar surface area (TPSA) is 38.0 Å². The van der Waals surface area contributed by atoms with Crippen molar-refractivity contribution in [3.63, 3.8) is 0 Å². The quantitative estimate of drug-likeness (QED) is 0.488. The number of hydrogen-bond donors (Lipinski definition) is 2. The Balaban J connectivity index is 2.44. The molecule has 0 saturated heterocycles. The highest BCUT2D eigenvalue weighted by Crippen LogP contribution is 2.32. The molecule has 0 aliphatic heterocycles. The van der Waals surface area contributed by atoms with E-state index in [2.05, 4.69) is 21.4 Å². The van der Waals surface area contributed by atoms with Crippen molar-refractivity contribution in [2.75, 3.05) is 0 Å². The van der Waals surface area contributed by atoms with Crippen LogP contribution in [0.25, 0.3) is 0 Å². The third kappa shape index (κ3) is 3.61. The molecule has 2 aromatic carbocycles. The first kappa shape index (κ1) is 15.9. The van der Waals surface area contributed by atoms with Crippen LogP contribution in [0.4, 0.5) is 17.6 Å². The molecule has 2 aromatic rings. The lowest BCUT2D eigenvalue weighted by molar-refractivity contribution is -0.137. The van der Waals surface area contributed by atoms with Crippen molar-refractivity contribution < 1.29 is 17.6 Å². The summed E-state index contributed by atoms with van der Waals surface area (Å²) < 4.78 is 51.7. The largest absolute Gasteiger partial charge is 0.416 e. The van der Waals surface area contributed by atoms with Crippen LogP contribution >= 0.6 is 15.9 Å². The Kier molecular flexibility index (Phi) is 4.65. The van der Waals surface area contributed by atoms with Gasteiger partial charge in [-0.15, -0.1) is 0 Å². The van der Waals surface area contributed by atoms with Crippen molar-refractivity contribution in [1.82, 2.24) is 5.43 Å². The zero-order valence-corrected chi connectivity index (χ0v) is 12.2. The summed E-state index contributed by atoms with van der Waals surface area (Å²) in [6, 6.07) is 8.31. The zero-order valence-electron chi connectivity index (χ0n) is 10.6. The maximum Gasteiger partial charge on any atom is 0.416 e. The van der Waals surface area contributed by atoms with Crippen LogP contribution in [-0.2, 0) is 6.18 Å². The summed E-state index contributed by atoms with van der Waals surface area (Å²) in [4.78, 5) is 0. The molecule has 21 heavy (non-hydrogen) atoms. The molecular weight excluding hydrogens is 352 g/mol. The molecule has 0 heterocycles. The third-order valence-electron chi connectivity index (χ3n) is 2.99. The first-order valence-corrected chi connectivity index (χ1v) is 6.70. The molecule has 0 aliphatic carbocycles. The van der Waals surface area contributed by atoms with Crippen LogP contribution in [0.15, 0.2) is 46.9 Å². The Morgan fingerprint density at radius 3 is 2.29 bits per heavy atom. The Labute approximate surface area is 127 Å². The van der Waals surface area contributed by atoms with E-state index in [-0.39, 0.29) is 4.47 Å². The number of benzene rings is 2. The van der Waals surface area contributed by atoms with Crippen LogP contribution in [0.1, 0.15) is 22.7 Å². The highest BCUT2D eigenvalue weighted by Gasteiger charge is 2.31. The van der Waals surface area contributed by atoms with Crippen molar-refractivity contribution in [2.24, 2.45) is 5.84 Å². The maximum atomic E-state index is 13.2. The number of nitrogens with two attached hydrogens (primary N) is 1. The monoisotopic (exact) mass is 362 g/mol. The first-order chi connectivity index (χ1) is 9.82. The standard InChI is InChI=1S/C14H11BrF4N2/c15-11-7-9(4-5-12(11)16)13(21-20)8-2-1-3-10(6-8)14(17,18)19/h1-7,13,21H,20H2. The summed E-state index contributed by atoms with van der Waals surface area (Å²) >= 11 is 3.04. The fourth-order valence-corrected chi connectivity index (χ4v) is 2.37. The van der Waals surface area contributed by atoms with Gasteiger partial charge in [0.1, 0.15) is 5.82 Å². The van der Waals surface area contributed by atoms with Crippen molar-refractivity contribution in [3.8, 4) is 0 Å². The van der Waals surface area contributed by atoms with Gasteiger partial charge in [-0.05, 0) is 51.3 Å². The van der Waals surface area contributed by atoms with E-state index in [0.717, 1.165) is 12.1 Å². The summed E-state index contributed by atoms with van der Waals surface area (Å²) in [6.45, 7) is 0. The molecule has 3 N–H and O–H groups in total. The van der Waals surface area contributed by atoms with Gasteiger partial charge >= 0.3 is 6.18 Å². The Morgan fingerprint density at radius 1 is 1.05 bits per heavy atom. The van der Waals surface area contributed by atoms with Gasteiger partial charge in [0.2, 0.25) is 0 Å². The summed E-state index contributed by atoms with van der Waals surface area (Å²) in [7, 11) is 0. The Bertz CT molecular complexity index is 643. The fourth-order valence-electron chi connectivity index (χ4n) is 1.97. The van der Waals surface area contributed by atoms with E-state index < -0.39 is 23.6 Å². The molecule has 0 saturated carbocycles. The summed E-state index contributed by atoms with van der Waals surface area (Å²) in [5.74, 6) is 4.98. The first-order valence-electron chi connectivity index (χ1n) is 5.91. The molecule has 7 heteroatoms. The molecular formula is C14H11BrF4N2. The highest BCUT2D eigenvalue weighted by atomic mass is 79.9. The molecule has 0 bridgehead atoms. The molecule has 0 amide bonds. The molecule has 2 rings (SSSR count). The van der Waals surface area contributed by atoms with E-state index in [1.54, 1.807) is 0 Å². The average molecular weight is 363 g/mol. The van der Waals surface area contributed by atoms with E-state index in [9.17, 15) is 17.6 Å². The SMILES string of the molecule is NNC(c1cccc(C(F)(F)F)c1)c1ccc(F)c(Br)c1. The maximum absolute atomic E-state index is 13.2. The minimum absolute atomic E-state index is 0.215. The van der Waals surface area contributed by atoms with Gasteiger partial charge in [0.25, 0.3) is 0 Å². The lowest BCUT2D eigenvalue weighted by Crippen LogP contribution is -2.29. The van der Waals surface area contributed by atoms with Crippen LogP contribution in [0.2, 0.25) is 0 Å². The van der Waals surface area contributed by atoms with Gasteiger partial charge in [0.05, 0.1) is 16.1 Å². The summed E-state index contributed by atoms with van der Waals surface area (Å²) in [6.07, 6.45) is -4.43. The molecule has 0 fully saturated rings. The predicted octanol–water partition coefficient (Wildman–Crippen LogP) is 4.16. The van der Waals surface area contributed by atoms with Crippen LogP contribution in [0, 0.1) is 5.82 Å². The van der Waals surface area contributed by atoms with Gasteiger partial charge in [0, 0.05) is 0 Å². The van der Waals surface area contributed by atoms with Gasteiger partial charge in [-0.25, -0.2) is 9.82 Å². The van der Waals surface area contributed by atoms with E-state index in [0.29, 0.717) is 11.1 Å². The molecule has 0 radical (unpaired) electrons. The number of hydrazine groups is 1. The fraction of sp³-hybridized carbons (Fsp3) is 0.143. The predicted molar refractivity (Wildman–Crippen MR) is 74.7 cm³/mol. The number of nitrogens with one attached hydrogen (secondary N) is 1. The smallest absolute Gasteiger partial charge is 0.271 e. The second-order valence-corrected chi connectivity index (χ2v) is 5.25. The van der Waals surface area contributed by atoms with Crippen molar-refractivity contribution in [3.05, 3.63) is 69.4 Å². The number of rotatable bonds is 3. The van der Waals surface area contributed by atoms with Crippen LogP contribution in [0.3, 0.4) is 0 Å². The lowest BCUT2D eigenvalue weighted by Gasteiger charge is -2.19. The second-order valence-electron chi connectivity index (χ2n) is 4.40. The lowest BCUT2D eigenvalue weighted by atomic mass is 9.97. The van der Waals surface area contributed by atoms with Gasteiger partial charge < -0.3 is 0 Å². The van der Waals surface area contributed by atoms with Crippen molar-refractivity contribution in [2.45, 2.75) is 12.2 Å². The normalized spacial score (nSPS) is 13.2. The van der Waals surface area contributed by atoms with E-state index in [1.165, 1.54) is 30.3 Å². The highest BCUT2D eigenvalue weighted by molar-refractivity contribution is 9.10. The summed E-state index contributed by atoms with van der Waals surface area (Å²) in [5.41, 5.74) is 2.57. The molecule has 1 atom stereocenters. The van der Waals surface area contributed by atoms with Crippen molar-refractivity contribution >= 4 is 15.9 Å². The number of hydrogen-bond acceptors (Lipinski definition) is 2. The van der Waals surface area contributed by atoms with Gasteiger partial charge in [0.15, 0.2) is 0 Å². The van der Waals surface area contributed by atoms with E-state index >= 15 is 0 Å². The number of alkyl halides is 3.